The Kier molecular flexibility index (Phi) is 7.15. The van der Waals surface area contributed by atoms with Gasteiger partial charge in [-0.1, -0.05) is 41.9 Å². The number of anilines is 1. The minimum atomic E-state index is -0.181. The van der Waals surface area contributed by atoms with E-state index < -0.39 is 0 Å². The Labute approximate surface area is 177 Å². The maximum absolute atomic E-state index is 13.1. The summed E-state index contributed by atoms with van der Waals surface area (Å²) in [5.41, 5.74) is 2.09. The number of rotatable bonds is 6. The van der Waals surface area contributed by atoms with Crippen LogP contribution in [0.2, 0.25) is 5.02 Å². The van der Waals surface area contributed by atoms with E-state index in [-0.39, 0.29) is 30.4 Å². The van der Waals surface area contributed by atoms with Gasteiger partial charge in [-0.3, -0.25) is 9.59 Å². The van der Waals surface area contributed by atoms with Gasteiger partial charge in [0.25, 0.3) is 0 Å². The molecule has 1 atom stereocenters. The van der Waals surface area contributed by atoms with E-state index >= 15 is 0 Å². The van der Waals surface area contributed by atoms with Gasteiger partial charge in [0.05, 0.1) is 25.6 Å². The number of para-hydroxylation sites is 1. The fraction of sp³-hybridized carbons (Fsp3) is 0.391. The van der Waals surface area contributed by atoms with Crippen molar-refractivity contribution in [1.29, 1.82) is 0 Å². The van der Waals surface area contributed by atoms with Crippen molar-refractivity contribution < 1.29 is 14.3 Å². The number of nitrogens with zero attached hydrogens (tertiary/aromatic N) is 2. The minimum absolute atomic E-state index is 0.00576. The van der Waals surface area contributed by atoms with Crippen LogP contribution in [-0.4, -0.2) is 43.5 Å². The Morgan fingerprint density at radius 2 is 1.72 bits per heavy atom. The zero-order chi connectivity index (χ0) is 20.8. The third-order valence-corrected chi connectivity index (χ3v) is 5.85. The van der Waals surface area contributed by atoms with Gasteiger partial charge in [-0.05, 0) is 49.6 Å². The number of esters is 1. The molecular formula is C23H27ClN2O3. The summed E-state index contributed by atoms with van der Waals surface area (Å²) in [6.07, 6.45) is 1.30. The van der Waals surface area contributed by atoms with Crippen molar-refractivity contribution >= 4 is 29.2 Å². The number of piperidine rings is 1. The number of halogens is 1. The lowest BCUT2D eigenvalue weighted by atomic mass is 9.97. The van der Waals surface area contributed by atoms with E-state index in [2.05, 4.69) is 11.8 Å². The number of methoxy groups -OCH3 is 1. The molecule has 5 nitrogen and oxygen atoms in total. The Balaban J connectivity index is 1.73. The predicted molar refractivity (Wildman–Crippen MR) is 115 cm³/mol. The number of hydrogen-bond acceptors (Lipinski definition) is 4. The molecule has 2 aromatic rings. The zero-order valence-corrected chi connectivity index (χ0v) is 17.6. The normalized spacial score (nSPS) is 15.6. The lowest BCUT2D eigenvalue weighted by Gasteiger charge is -2.35. The summed E-state index contributed by atoms with van der Waals surface area (Å²) in [5, 5.41) is 0.691. The standard InChI is InChI=1S/C23H27ClN2O3/c1-17(18-8-10-20(24)11-9-18)26(21-6-4-3-5-7-21)16-22(27)25-14-12-19(13-15-25)23(28)29-2/h3-11,17,19H,12-16H2,1-2H3/t17-/m0/s1. The van der Waals surface area contributed by atoms with E-state index in [1.165, 1.54) is 7.11 Å². The molecule has 6 heteroatoms. The minimum Gasteiger partial charge on any atom is -0.469 e. The molecule has 0 aromatic heterocycles. The molecule has 0 radical (unpaired) electrons. The second-order valence-corrected chi connectivity index (χ2v) is 7.81. The van der Waals surface area contributed by atoms with Crippen LogP contribution in [0.1, 0.15) is 31.4 Å². The molecule has 0 aliphatic carbocycles. The van der Waals surface area contributed by atoms with E-state index in [1.807, 2.05) is 59.5 Å². The first-order valence-corrected chi connectivity index (χ1v) is 10.3. The second-order valence-electron chi connectivity index (χ2n) is 7.37. The van der Waals surface area contributed by atoms with Gasteiger partial charge in [0, 0.05) is 23.8 Å². The van der Waals surface area contributed by atoms with Gasteiger partial charge in [0.15, 0.2) is 0 Å². The number of likely N-dealkylation sites (tertiary alicyclic amines) is 1. The first-order chi connectivity index (χ1) is 14.0. The highest BCUT2D eigenvalue weighted by molar-refractivity contribution is 6.30. The number of ether oxygens (including phenoxy) is 1. The summed E-state index contributed by atoms with van der Waals surface area (Å²) in [4.78, 5) is 28.8. The van der Waals surface area contributed by atoms with Crippen molar-refractivity contribution in [3.8, 4) is 0 Å². The van der Waals surface area contributed by atoms with Gasteiger partial charge in [-0.25, -0.2) is 0 Å². The van der Waals surface area contributed by atoms with Crippen LogP contribution in [0.4, 0.5) is 5.69 Å². The predicted octanol–water partition coefficient (Wildman–Crippen LogP) is 4.32. The average Bonchev–Trinajstić information content (AvgIpc) is 2.77. The van der Waals surface area contributed by atoms with Gasteiger partial charge in [0.1, 0.15) is 0 Å². The lowest BCUT2D eigenvalue weighted by molar-refractivity contribution is -0.148. The third-order valence-electron chi connectivity index (χ3n) is 5.60. The molecule has 1 saturated heterocycles. The summed E-state index contributed by atoms with van der Waals surface area (Å²) in [5.74, 6) is -0.223. The Morgan fingerprint density at radius 1 is 1.10 bits per heavy atom. The van der Waals surface area contributed by atoms with Crippen LogP contribution in [0.5, 0.6) is 0 Å². The highest BCUT2D eigenvalue weighted by Crippen LogP contribution is 2.28. The van der Waals surface area contributed by atoms with Crippen LogP contribution in [0, 0.1) is 5.92 Å². The summed E-state index contributed by atoms with van der Waals surface area (Å²) in [7, 11) is 1.41. The molecule has 0 saturated carbocycles. The molecule has 3 rings (SSSR count). The number of carbonyl (C=O) groups is 2. The molecule has 2 aromatic carbocycles. The molecule has 0 unspecified atom stereocenters. The quantitative estimate of drug-likeness (QED) is 0.660. The summed E-state index contributed by atoms with van der Waals surface area (Å²) in [6.45, 7) is 3.52. The van der Waals surface area contributed by atoms with Crippen LogP contribution in [-0.2, 0) is 14.3 Å². The molecule has 154 valence electrons. The smallest absolute Gasteiger partial charge is 0.308 e. The van der Waals surface area contributed by atoms with Crippen molar-refractivity contribution in [1.82, 2.24) is 4.90 Å². The van der Waals surface area contributed by atoms with E-state index in [1.54, 1.807) is 0 Å². The van der Waals surface area contributed by atoms with Crippen LogP contribution < -0.4 is 4.90 Å². The summed E-state index contributed by atoms with van der Waals surface area (Å²) in [6, 6.07) is 17.7. The number of amides is 1. The first-order valence-electron chi connectivity index (χ1n) is 9.92. The first kappa shape index (κ1) is 21.2. The fourth-order valence-electron chi connectivity index (χ4n) is 3.77. The maximum Gasteiger partial charge on any atom is 0.308 e. The lowest BCUT2D eigenvalue weighted by Crippen LogP contribution is -2.45. The van der Waals surface area contributed by atoms with E-state index in [9.17, 15) is 9.59 Å². The largest absolute Gasteiger partial charge is 0.469 e. The Bertz CT molecular complexity index is 818. The van der Waals surface area contributed by atoms with E-state index in [4.69, 9.17) is 16.3 Å². The molecule has 29 heavy (non-hydrogen) atoms. The molecule has 0 spiro atoms. The van der Waals surface area contributed by atoms with E-state index in [0.29, 0.717) is 31.0 Å². The van der Waals surface area contributed by atoms with Gasteiger partial charge < -0.3 is 14.5 Å². The Morgan fingerprint density at radius 3 is 2.31 bits per heavy atom. The average molecular weight is 415 g/mol. The molecule has 1 aliphatic rings. The van der Waals surface area contributed by atoms with Crippen molar-refractivity contribution in [2.75, 3.05) is 31.6 Å². The number of carbonyl (C=O) groups excluding carboxylic acids is 2. The Hall–Kier alpha value is -2.53. The topological polar surface area (TPSA) is 49.9 Å². The van der Waals surface area contributed by atoms with Crippen molar-refractivity contribution in [2.45, 2.75) is 25.8 Å². The van der Waals surface area contributed by atoms with Gasteiger partial charge in [-0.15, -0.1) is 0 Å². The molecular weight excluding hydrogens is 388 g/mol. The summed E-state index contributed by atoms with van der Waals surface area (Å²) < 4.78 is 4.84. The highest BCUT2D eigenvalue weighted by atomic mass is 35.5. The number of benzene rings is 2. The summed E-state index contributed by atoms with van der Waals surface area (Å²) >= 11 is 6.04. The van der Waals surface area contributed by atoms with Gasteiger partial charge in [-0.2, -0.15) is 0 Å². The van der Waals surface area contributed by atoms with Crippen LogP contribution in [0.25, 0.3) is 0 Å². The van der Waals surface area contributed by atoms with E-state index in [0.717, 1.165) is 11.3 Å². The SMILES string of the molecule is COC(=O)C1CCN(C(=O)CN(c2ccccc2)[C@@H](C)c2ccc(Cl)cc2)CC1. The van der Waals surface area contributed by atoms with Crippen molar-refractivity contribution in [3.63, 3.8) is 0 Å². The van der Waals surface area contributed by atoms with Gasteiger partial charge in [0.2, 0.25) is 5.91 Å². The molecule has 1 heterocycles. The fourth-order valence-corrected chi connectivity index (χ4v) is 3.90. The van der Waals surface area contributed by atoms with Gasteiger partial charge >= 0.3 is 5.97 Å². The third kappa shape index (κ3) is 5.30. The van der Waals surface area contributed by atoms with Crippen LogP contribution >= 0.6 is 11.6 Å². The van der Waals surface area contributed by atoms with Crippen molar-refractivity contribution in [3.05, 3.63) is 65.2 Å². The zero-order valence-electron chi connectivity index (χ0n) is 16.9. The highest BCUT2D eigenvalue weighted by Gasteiger charge is 2.29. The van der Waals surface area contributed by atoms with Crippen LogP contribution in [0.3, 0.4) is 0 Å². The van der Waals surface area contributed by atoms with Crippen molar-refractivity contribution in [2.24, 2.45) is 5.92 Å². The molecule has 1 amide bonds. The van der Waals surface area contributed by atoms with Crippen LogP contribution in [0.15, 0.2) is 54.6 Å². The molecule has 0 bridgehead atoms. The monoisotopic (exact) mass is 414 g/mol. The molecule has 1 fully saturated rings. The maximum atomic E-state index is 13.1. The molecule has 1 aliphatic heterocycles. The number of hydrogen-bond donors (Lipinski definition) is 0. The molecule has 0 N–H and O–H groups in total. The second kappa shape index (κ2) is 9.79.